The van der Waals surface area contributed by atoms with Crippen LogP contribution in [0, 0.1) is 0 Å². The molecular formula is C26H27ClN2O2. The minimum atomic E-state index is -0.324. The first-order chi connectivity index (χ1) is 15.1. The lowest BCUT2D eigenvalue weighted by atomic mass is 9.79. The number of anilines is 1. The van der Waals surface area contributed by atoms with Gasteiger partial charge in [-0.15, -0.1) is 0 Å². The van der Waals surface area contributed by atoms with Crippen LogP contribution in [0.25, 0.3) is 0 Å². The first kappa shape index (κ1) is 20.3. The summed E-state index contributed by atoms with van der Waals surface area (Å²) >= 11 is 6.56. The van der Waals surface area contributed by atoms with Gasteiger partial charge in [-0.3, -0.25) is 4.79 Å². The molecule has 31 heavy (non-hydrogen) atoms. The van der Waals surface area contributed by atoms with Crippen LogP contribution in [0.4, 0.5) is 5.69 Å². The van der Waals surface area contributed by atoms with E-state index >= 15 is 0 Å². The highest BCUT2D eigenvalue weighted by Gasteiger charge is 2.42. The monoisotopic (exact) mass is 434 g/mol. The summed E-state index contributed by atoms with van der Waals surface area (Å²) in [5.41, 5.74) is 5.03. The highest BCUT2D eigenvalue weighted by atomic mass is 35.5. The number of carbonyl (C=O) groups is 1. The van der Waals surface area contributed by atoms with Crippen molar-refractivity contribution >= 4 is 23.1 Å². The zero-order chi connectivity index (χ0) is 21.4. The van der Waals surface area contributed by atoms with Gasteiger partial charge in [-0.2, -0.15) is 0 Å². The highest BCUT2D eigenvalue weighted by Crippen LogP contribution is 2.48. The molecule has 1 atom stereocenters. The fraction of sp³-hybridized carbons (Fsp3) is 0.385. The van der Waals surface area contributed by atoms with Gasteiger partial charge in [0.2, 0.25) is 0 Å². The van der Waals surface area contributed by atoms with Gasteiger partial charge in [-0.1, -0.05) is 72.4 Å². The number of nitrogens with zero attached hydrogens (tertiary/aromatic N) is 1. The predicted molar refractivity (Wildman–Crippen MR) is 123 cm³/mol. The fourth-order valence-corrected chi connectivity index (χ4v) is 5.60. The number of fused-ring (bicyclic) bond motifs is 1. The zero-order valence-corrected chi connectivity index (χ0v) is 18.5. The highest BCUT2D eigenvalue weighted by molar-refractivity contribution is 6.35. The normalized spacial score (nSPS) is 21.1. The van der Waals surface area contributed by atoms with Crippen molar-refractivity contribution in [1.29, 1.82) is 0 Å². The second kappa shape index (κ2) is 8.16. The van der Waals surface area contributed by atoms with Crippen LogP contribution in [0.5, 0.6) is 0 Å². The summed E-state index contributed by atoms with van der Waals surface area (Å²) in [5.74, 6) is -0.0209. The fourth-order valence-electron chi connectivity index (χ4n) is 5.33. The van der Waals surface area contributed by atoms with Crippen molar-refractivity contribution in [2.24, 2.45) is 0 Å². The van der Waals surface area contributed by atoms with Gasteiger partial charge in [-0.25, -0.2) is 0 Å². The number of rotatable bonds is 5. The topological polar surface area (TPSA) is 55.1 Å². The number of nitrogens with one attached hydrogen (secondary N) is 1. The van der Waals surface area contributed by atoms with Crippen LogP contribution in [0.15, 0.2) is 53.3 Å². The van der Waals surface area contributed by atoms with E-state index in [2.05, 4.69) is 23.5 Å². The summed E-state index contributed by atoms with van der Waals surface area (Å²) in [5, 5.41) is 8.63. The predicted octanol–water partition coefficient (Wildman–Crippen LogP) is 6.56. The lowest BCUT2D eigenvalue weighted by Gasteiger charge is -2.28. The minimum Gasteiger partial charge on any atom is -0.378 e. The Hall–Kier alpha value is -2.59. The molecule has 0 amide bonds. The van der Waals surface area contributed by atoms with Crippen LogP contribution in [-0.4, -0.2) is 17.0 Å². The Labute approximate surface area is 188 Å². The molecule has 5 heteroatoms. The van der Waals surface area contributed by atoms with E-state index in [1.165, 1.54) is 32.1 Å². The number of ketones is 1. The maximum Gasteiger partial charge on any atom is 0.194 e. The van der Waals surface area contributed by atoms with Crippen molar-refractivity contribution in [2.45, 2.75) is 63.3 Å². The van der Waals surface area contributed by atoms with Crippen molar-refractivity contribution < 1.29 is 9.32 Å². The van der Waals surface area contributed by atoms with E-state index in [1.807, 2.05) is 36.4 Å². The smallest absolute Gasteiger partial charge is 0.194 e. The largest absolute Gasteiger partial charge is 0.378 e. The Morgan fingerprint density at radius 1 is 1.13 bits per heavy atom. The Morgan fingerprint density at radius 2 is 1.90 bits per heavy atom. The van der Waals surface area contributed by atoms with E-state index in [0.717, 1.165) is 35.3 Å². The number of carbonyl (C=O) groups excluding carboxylic acids is 1. The third-order valence-electron chi connectivity index (χ3n) is 7.05. The van der Waals surface area contributed by atoms with E-state index in [9.17, 15) is 4.79 Å². The van der Waals surface area contributed by atoms with Gasteiger partial charge in [0, 0.05) is 22.6 Å². The van der Waals surface area contributed by atoms with E-state index < -0.39 is 0 Å². The van der Waals surface area contributed by atoms with Gasteiger partial charge in [-0.05, 0) is 49.8 Å². The Kier molecular flexibility index (Phi) is 5.35. The zero-order valence-electron chi connectivity index (χ0n) is 17.8. The molecule has 2 aliphatic rings. The second-order valence-electron chi connectivity index (χ2n) is 9.03. The van der Waals surface area contributed by atoms with Crippen molar-refractivity contribution in [3.05, 3.63) is 81.7 Å². The molecule has 1 unspecified atom stereocenters. The summed E-state index contributed by atoms with van der Waals surface area (Å²) in [6, 6.07) is 13.7. The number of aromatic nitrogens is 1. The van der Waals surface area contributed by atoms with Gasteiger partial charge in [0.05, 0.1) is 10.7 Å². The molecule has 1 heterocycles. The SMILES string of the molecule is CC1(c2nocc2NC2CCCCC2)CCc2c1ccc(Cl)c2C(=O)c1ccccc1. The molecule has 1 saturated carbocycles. The molecular weight excluding hydrogens is 408 g/mol. The van der Waals surface area contributed by atoms with Gasteiger partial charge in [0.1, 0.15) is 12.0 Å². The van der Waals surface area contributed by atoms with E-state index in [4.69, 9.17) is 16.1 Å². The summed E-state index contributed by atoms with van der Waals surface area (Å²) in [6.45, 7) is 2.20. The minimum absolute atomic E-state index is 0.0209. The Bertz CT molecular complexity index is 1100. The molecule has 0 aliphatic heterocycles. The van der Waals surface area contributed by atoms with Crippen LogP contribution in [0.2, 0.25) is 5.02 Å². The quantitative estimate of drug-likeness (QED) is 0.462. The van der Waals surface area contributed by atoms with E-state index in [1.54, 1.807) is 6.26 Å². The molecule has 5 rings (SSSR count). The van der Waals surface area contributed by atoms with Crippen molar-refractivity contribution in [3.63, 3.8) is 0 Å². The van der Waals surface area contributed by atoms with Crippen LogP contribution in [-0.2, 0) is 11.8 Å². The third kappa shape index (κ3) is 3.57. The average Bonchev–Trinajstić information content (AvgIpc) is 3.40. The van der Waals surface area contributed by atoms with Crippen molar-refractivity contribution in [3.8, 4) is 0 Å². The molecule has 1 N–H and O–H groups in total. The molecule has 2 aliphatic carbocycles. The summed E-state index contributed by atoms with van der Waals surface area (Å²) in [4.78, 5) is 13.3. The van der Waals surface area contributed by atoms with Crippen LogP contribution in [0.3, 0.4) is 0 Å². The van der Waals surface area contributed by atoms with Crippen LogP contribution in [0.1, 0.15) is 78.2 Å². The Morgan fingerprint density at radius 3 is 2.68 bits per heavy atom. The van der Waals surface area contributed by atoms with Gasteiger partial charge < -0.3 is 9.84 Å². The molecule has 4 nitrogen and oxygen atoms in total. The van der Waals surface area contributed by atoms with Gasteiger partial charge >= 0.3 is 0 Å². The molecule has 160 valence electrons. The first-order valence-electron chi connectivity index (χ1n) is 11.2. The molecule has 2 aromatic carbocycles. The number of hydrogen-bond acceptors (Lipinski definition) is 4. The molecule has 0 spiro atoms. The maximum absolute atomic E-state index is 13.3. The lowest BCUT2D eigenvalue weighted by molar-refractivity contribution is 0.103. The molecule has 0 bridgehead atoms. The van der Waals surface area contributed by atoms with Crippen LogP contribution < -0.4 is 5.32 Å². The van der Waals surface area contributed by atoms with Gasteiger partial charge in [0.25, 0.3) is 0 Å². The molecule has 1 fully saturated rings. The van der Waals surface area contributed by atoms with Gasteiger partial charge in [0.15, 0.2) is 5.78 Å². The summed E-state index contributed by atoms with van der Waals surface area (Å²) in [7, 11) is 0. The number of benzene rings is 2. The summed E-state index contributed by atoms with van der Waals surface area (Å²) in [6.07, 6.45) is 9.60. The first-order valence-corrected chi connectivity index (χ1v) is 11.6. The third-order valence-corrected chi connectivity index (χ3v) is 7.37. The summed E-state index contributed by atoms with van der Waals surface area (Å²) < 4.78 is 5.45. The van der Waals surface area contributed by atoms with Crippen LogP contribution >= 0.6 is 11.6 Å². The lowest BCUT2D eigenvalue weighted by Crippen LogP contribution is -2.26. The average molecular weight is 435 g/mol. The molecule has 0 saturated heterocycles. The molecule has 0 radical (unpaired) electrons. The van der Waals surface area contributed by atoms with E-state index in [-0.39, 0.29) is 11.2 Å². The number of hydrogen-bond donors (Lipinski definition) is 1. The molecule has 1 aromatic heterocycles. The standard InChI is InChI=1S/C26H27ClN2O2/c1-26(25-22(16-31-29-25)28-18-10-6-3-7-11-18)15-14-19-20(26)12-13-21(27)23(19)24(30)17-8-4-2-5-9-17/h2,4-5,8-9,12-13,16,18,28H,3,6-7,10-11,14-15H2,1H3. The second-order valence-corrected chi connectivity index (χ2v) is 9.44. The Balaban J connectivity index is 1.53. The maximum atomic E-state index is 13.3. The van der Waals surface area contributed by atoms with Crippen molar-refractivity contribution in [2.75, 3.05) is 5.32 Å². The molecule has 3 aromatic rings. The van der Waals surface area contributed by atoms with E-state index in [0.29, 0.717) is 22.2 Å². The number of halogens is 1. The van der Waals surface area contributed by atoms with Crippen molar-refractivity contribution in [1.82, 2.24) is 5.16 Å².